The van der Waals surface area contributed by atoms with E-state index >= 15 is 0 Å². The van der Waals surface area contributed by atoms with Crippen molar-refractivity contribution in [2.75, 3.05) is 59.5 Å². The summed E-state index contributed by atoms with van der Waals surface area (Å²) in [6.45, 7) is 5.52. The average molecular weight is 1680 g/mol. The maximum absolute atomic E-state index is 13.4. The average Bonchev–Trinajstić information content (AvgIpc) is 0.802. The fraction of sp³-hybridized carbons (Fsp3) is 0.941. The fourth-order valence-corrected chi connectivity index (χ4v) is 15.2. The third kappa shape index (κ3) is 27.5. The van der Waals surface area contributed by atoms with Gasteiger partial charge in [0, 0.05) is 51.4 Å². The van der Waals surface area contributed by atoms with E-state index in [1.54, 1.807) is 20.8 Å². The minimum Gasteiger partial charge on any atom is -0.394 e. The zero-order valence-electron chi connectivity index (χ0n) is 64.0. The molecule has 8 saturated heterocycles. The molecule has 8 fully saturated rings. The molecule has 17 N–H and O–H groups in total. The fourth-order valence-electron chi connectivity index (χ4n) is 14.5. The summed E-state index contributed by atoms with van der Waals surface area (Å²) in [5.74, 6) is -2.11. The Hall–Kier alpha value is -3.46. The van der Waals surface area contributed by atoms with Gasteiger partial charge in [-0.3, -0.25) is 28.3 Å². The largest absolute Gasteiger partial charge is 0.397 e. The molecule has 8 rings (SSSR count). The summed E-state index contributed by atoms with van der Waals surface area (Å²) >= 11 is 0. The van der Waals surface area contributed by atoms with Crippen LogP contribution in [0.3, 0.4) is 0 Å². The van der Waals surface area contributed by atoms with Crippen LogP contribution in [0.1, 0.15) is 144 Å². The number of amides is 4. The molecule has 4 amide bonds. The molecule has 43 nitrogen and oxygen atoms in total. The number of hydrogen-bond donors (Lipinski definition) is 17. The maximum atomic E-state index is 13.4. The highest BCUT2D eigenvalue weighted by Crippen LogP contribution is 2.38. The molecule has 0 radical (unpaired) electrons. The van der Waals surface area contributed by atoms with E-state index in [2.05, 4.69) is 39.3 Å². The normalized spacial score (nSPS) is 39.5. The Labute approximate surface area is 654 Å². The lowest BCUT2D eigenvalue weighted by atomic mass is 9.95. The molecule has 0 bridgehead atoms. The first-order chi connectivity index (χ1) is 53.7. The number of ether oxygens (including phenoxy) is 16. The van der Waals surface area contributed by atoms with Crippen LogP contribution in [0, 0.1) is 5.92 Å². The first-order valence-electron chi connectivity index (χ1n) is 38.8. The minimum absolute atomic E-state index is 0.0385. The van der Waals surface area contributed by atoms with Crippen LogP contribution in [0.15, 0.2) is 0 Å². The van der Waals surface area contributed by atoms with Gasteiger partial charge in [0.2, 0.25) is 23.6 Å². The smallest absolute Gasteiger partial charge is 0.394 e. The molecule has 8 aliphatic heterocycles. The summed E-state index contributed by atoms with van der Waals surface area (Å²) in [7, 11) is -10.5. The van der Waals surface area contributed by atoms with Crippen LogP contribution in [-0.4, -0.2) is 362 Å². The van der Waals surface area contributed by atoms with Crippen molar-refractivity contribution in [1.29, 1.82) is 0 Å². The molecule has 113 heavy (non-hydrogen) atoms. The first kappa shape index (κ1) is 95.0. The van der Waals surface area contributed by atoms with E-state index in [0.717, 1.165) is 25.7 Å². The number of rotatable bonds is 41. The van der Waals surface area contributed by atoms with Crippen molar-refractivity contribution >= 4 is 44.4 Å². The highest BCUT2D eigenvalue weighted by atomic mass is 32.3. The molecule has 0 aromatic rings. The van der Waals surface area contributed by atoms with Gasteiger partial charge in [0.05, 0.1) is 83.9 Å². The highest BCUT2D eigenvalue weighted by molar-refractivity contribution is 7.81. The Morgan fingerprint density at radius 3 is 0.947 bits per heavy atom. The zero-order chi connectivity index (χ0) is 82.6. The van der Waals surface area contributed by atoms with Gasteiger partial charge in [0.25, 0.3) is 0 Å². The highest BCUT2D eigenvalue weighted by Gasteiger charge is 2.56. The van der Waals surface area contributed by atoms with E-state index in [9.17, 15) is 101 Å². The van der Waals surface area contributed by atoms with E-state index in [-0.39, 0.29) is 63.4 Å². The molecule has 0 aromatic heterocycles. The van der Waals surface area contributed by atoms with Gasteiger partial charge in [0.15, 0.2) is 50.3 Å². The monoisotopic (exact) mass is 1680 g/mol. The van der Waals surface area contributed by atoms with Crippen molar-refractivity contribution in [2.24, 2.45) is 5.92 Å². The Morgan fingerprint density at radius 1 is 0.381 bits per heavy atom. The minimum atomic E-state index is -5.29. The number of aliphatic hydroxyl groups excluding tert-OH is 11. The summed E-state index contributed by atoms with van der Waals surface area (Å²) in [5.41, 5.74) is 0. The molecule has 0 aromatic carbocycles. The van der Waals surface area contributed by atoms with Crippen molar-refractivity contribution in [2.45, 2.75) is 341 Å². The van der Waals surface area contributed by atoms with Crippen LogP contribution >= 0.6 is 0 Å². The molecule has 8 aliphatic rings. The first-order valence-corrected chi connectivity index (χ1v) is 41.5. The number of aliphatic hydroxyl groups is 11. The second-order valence-corrected chi connectivity index (χ2v) is 31.5. The Morgan fingerprint density at radius 2 is 0.664 bits per heavy atom. The zero-order valence-corrected chi connectivity index (χ0v) is 65.6. The topological polar surface area (TPSA) is 614 Å². The predicted octanol–water partition coefficient (Wildman–Crippen LogP) is -5.19. The van der Waals surface area contributed by atoms with Crippen LogP contribution in [0.5, 0.6) is 0 Å². The third-order valence-electron chi connectivity index (χ3n) is 20.3. The maximum Gasteiger partial charge on any atom is 0.397 e. The molecule has 45 heteroatoms. The van der Waals surface area contributed by atoms with Crippen LogP contribution in [0.25, 0.3) is 0 Å². The molecular formula is C68H118N4O39S2. The summed E-state index contributed by atoms with van der Waals surface area (Å²) in [4.78, 5) is 52.9. The third-order valence-corrected chi connectivity index (χ3v) is 21.2. The lowest BCUT2D eigenvalue weighted by Gasteiger charge is -2.48. The summed E-state index contributed by atoms with van der Waals surface area (Å²) in [5, 5.41) is 136. The van der Waals surface area contributed by atoms with Crippen molar-refractivity contribution in [1.82, 2.24) is 21.3 Å². The lowest BCUT2D eigenvalue weighted by molar-refractivity contribution is -0.352. The Balaban J connectivity index is 0.909. The van der Waals surface area contributed by atoms with Crippen molar-refractivity contribution in [3.8, 4) is 0 Å². The second-order valence-electron chi connectivity index (χ2n) is 29.3. The van der Waals surface area contributed by atoms with Gasteiger partial charge in [-0.2, -0.15) is 16.8 Å². The van der Waals surface area contributed by atoms with Gasteiger partial charge >= 0.3 is 20.8 Å². The van der Waals surface area contributed by atoms with Gasteiger partial charge in [-0.15, -0.1) is 0 Å². The van der Waals surface area contributed by atoms with Gasteiger partial charge in [-0.05, 0) is 44.4 Å². The summed E-state index contributed by atoms with van der Waals surface area (Å²) < 4.78 is 174. The van der Waals surface area contributed by atoms with Gasteiger partial charge < -0.3 is 153 Å². The predicted molar refractivity (Wildman–Crippen MR) is 376 cm³/mol. The van der Waals surface area contributed by atoms with Gasteiger partial charge in [-0.25, -0.2) is 8.37 Å². The van der Waals surface area contributed by atoms with E-state index < -0.39 is 301 Å². The van der Waals surface area contributed by atoms with Crippen LogP contribution in [0.4, 0.5) is 0 Å². The molecule has 8 heterocycles. The molecule has 0 saturated carbocycles. The van der Waals surface area contributed by atoms with E-state index in [1.165, 1.54) is 0 Å². The molecular weight excluding hydrogens is 1560 g/mol. The van der Waals surface area contributed by atoms with Crippen molar-refractivity contribution in [3.05, 3.63) is 0 Å². The quantitative estimate of drug-likeness (QED) is 0.0255. The molecule has 656 valence electrons. The molecule has 32 atom stereocenters. The van der Waals surface area contributed by atoms with Crippen molar-refractivity contribution in [3.63, 3.8) is 0 Å². The molecule has 0 aliphatic carbocycles. The van der Waals surface area contributed by atoms with Crippen molar-refractivity contribution < 1.29 is 185 Å². The number of nitrogens with one attached hydrogen (secondary N) is 4. The van der Waals surface area contributed by atoms with Gasteiger partial charge in [-0.1, -0.05) is 54.4 Å². The summed E-state index contributed by atoms with van der Waals surface area (Å²) in [6, 6.07) is -5.88. The molecule has 8 unspecified atom stereocenters. The van der Waals surface area contributed by atoms with E-state index in [1.807, 2.05) is 6.92 Å². The molecule has 0 spiro atoms. The summed E-state index contributed by atoms with van der Waals surface area (Å²) in [6.07, 6.45) is -40.1. The van der Waals surface area contributed by atoms with E-state index in [4.69, 9.17) is 80.0 Å². The van der Waals surface area contributed by atoms with Crippen LogP contribution in [-0.2, 0) is 124 Å². The van der Waals surface area contributed by atoms with Crippen LogP contribution < -0.4 is 21.3 Å². The van der Waals surface area contributed by atoms with Gasteiger partial charge in [0.1, 0.15) is 122 Å². The Bertz CT molecular complexity index is 3120. The standard InChI is InChI=1S/C68H118N4O39S2/c1-7-13-32(14-8-2)25-98-65-53(69-45(80)15-9-3)57(84)61(38(23-73)101-65)108-50-20-34(76)40(27-95-50)103-66-54(70-46(81)16-10-4)58(85)62(39(24-74)102-66)109-51-21-35(77)41(28-96-51)104-68-56(72-48(83)18-12-6)60(87)64(44(107-68)31-100-113(91,92)93)111-52-22-36(78)42(29-97-52)105-67-55(71-47(82)17-11-5)59(86)63(43(106-67)30-99-112(88,89)90)110-49-19-33(75)37(79)26-94-49/h32-44,49-68,73-79,84-87H,7-31H2,1-6H3,(H,69,80)(H,70,81)(H,71,82)(H,72,83)(H,88,89,90)(H,91,92,93)/t33-,34-,35-,36-,37+,38?,39?,40+,41+,42+,43?,44?,49-,50-,51-,52-,53?,54?,55?,56?,57+,58+,59+,60+,61+,62+,63+,64+,65+,66-,67+,68+/m0/s1. The number of carbonyl (C=O) groups excluding carboxylic acids is 4. The van der Waals surface area contributed by atoms with E-state index in [0.29, 0.717) is 19.3 Å². The Kier molecular flexibility index (Phi) is 38.1. The SMILES string of the molecule is CCCC(=O)NC1[C@H](OCC(CCC)CCC)OC(CO)[C@@H](O[C@H]2C[C@H](O)[C@H](O[C@@H]3OC(CO)[C@@H](O[C@H]4C[C@H](O)[C@H](O[C@@H]5OC(COS(=O)(=O)O)[C@@H](O[C@H]6C[C@H](O)[C@H](O[C@@H]7OC(COS(=O)(=O)O)[C@@H](O[C@H]8C[C@H](O)[C@H](O)CO8)[C@H](O)C7NC(=O)CCC)CO6)[C@H](O)C5NC(=O)CCC)CO4)[C@H](O)C3NC(=O)CCC)CO2)[C@@H]1O. The lowest BCUT2D eigenvalue weighted by Crippen LogP contribution is -2.68. The number of carbonyl (C=O) groups is 4. The van der Waals surface area contributed by atoms with Crippen LogP contribution in [0.2, 0.25) is 0 Å². The second kappa shape index (κ2) is 45.3. The number of hydrogen-bond acceptors (Lipinski definition) is 37.